The number of carbonyl (C=O) groups excluding carboxylic acids is 1. The molecule has 1 aliphatic carbocycles. The van der Waals surface area contributed by atoms with E-state index in [-0.39, 0.29) is 22.3 Å². The Morgan fingerprint density at radius 2 is 2.04 bits per heavy atom. The maximum atomic E-state index is 12.3. The summed E-state index contributed by atoms with van der Waals surface area (Å²) in [6, 6.07) is 7.97. The zero-order chi connectivity index (χ0) is 20.1. The highest BCUT2D eigenvalue weighted by Crippen LogP contribution is 2.43. The van der Waals surface area contributed by atoms with E-state index in [0.717, 1.165) is 24.6 Å². The van der Waals surface area contributed by atoms with Crippen LogP contribution in [0.2, 0.25) is 5.02 Å². The Kier molecular flexibility index (Phi) is 4.50. The first kappa shape index (κ1) is 19.0. The lowest BCUT2D eigenvalue weighted by molar-refractivity contribution is 0.0698. The summed E-state index contributed by atoms with van der Waals surface area (Å²) >= 11 is 5.98. The van der Waals surface area contributed by atoms with Gasteiger partial charge in [0, 0.05) is 23.7 Å². The second kappa shape index (κ2) is 6.63. The molecule has 1 N–H and O–H groups in total. The van der Waals surface area contributed by atoms with Crippen LogP contribution in [0.4, 0.5) is 0 Å². The normalized spacial score (nSPS) is 22.2. The summed E-state index contributed by atoms with van der Waals surface area (Å²) in [5.41, 5.74) is 1.39. The minimum atomic E-state index is -3.47. The zero-order valence-corrected chi connectivity index (χ0v) is 16.9. The van der Waals surface area contributed by atoms with E-state index in [4.69, 9.17) is 20.4 Å². The molecule has 0 bridgehead atoms. The smallest absolute Gasteiger partial charge is 0.287 e. The number of oxazole rings is 1. The second-order valence-electron chi connectivity index (χ2n) is 7.68. The summed E-state index contributed by atoms with van der Waals surface area (Å²) in [5, 5.41) is 3.27. The molecular formula is C19H19ClN2O5S. The predicted molar refractivity (Wildman–Crippen MR) is 103 cm³/mol. The van der Waals surface area contributed by atoms with Gasteiger partial charge in [-0.25, -0.2) is 13.4 Å². The van der Waals surface area contributed by atoms with E-state index in [1.807, 2.05) is 0 Å². The molecule has 1 aromatic carbocycles. The van der Waals surface area contributed by atoms with Crippen molar-refractivity contribution >= 4 is 38.4 Å². The third-order valence-corrected chi connectivity index (χ3v) is 6.14. The summed E-state index contributed by atoms with van der Waals surface area (Å²) in [6.07, 6.45) is 3.21. The fraction of sp³-hybridized carbons (Fsp3) is 0.368. The molecule has 2 heterocycles. The van der Waals surface area contributed by atoms with E-state index in [1.54, 1.807) is 18.2 Å². The molecule has 1 amide bonds. The average Bonchev–Trinajstić information content (AvgIpc) is 3.18. The van der Waals surface area contributed by atoms with Crippen LogP contribution >= 0.6 is 11.6 Å². The Morgan fingerprint density at radius 1 is 1.29 bits per heavy atom. The maximum absolute atomic E-state index is 12.3. The molecule has 148 valence electrons. The minimum absolute atomic E-state index is 0.00939. The first-order valence-corrected chi connectivity index (χ1v) is 11.0. The van der Waals surface area contributed by atoms with Gasteiger partial charge in [-0.05, 0) is 48.6 Å². The van der Waals surface area contributed by atoms with E-state index < -0.39 is 15.7 Å². The molecule has 0 spiro atoms. The summed E-state index contributed by atoms with van der Waals surface area (Å²) in [7, 11) is -3.47. The molecule has 0 aliphatic heterocycles. The predicted octanol–water partition coefficient (Wildman–Crippen LogP) is 3.62. The lowest BCUT2D eigenvalue weighted by Gasteiger charge is -2.44. The number of benzene rings is 1. The van der Waals surface area contributed by atoms with Gasteiger partial charge in [-0.1, -0.05) is 18.5 Å². The van der Waals surface area contributed by atoms with E-state index in [2.05, 4.69) is 17.2 Å². The highest BCUT2D eigenvalue weighted by atomic mass is 35.5. The van der Waals surface area contributed by atoms with Gasteiger partial charge in [0.1, 0.15) is 5.52 Å². The number of nitrogens with one attached hydrogen (secondary N) is 1. The Balaban J connectivity index is 1.36. The molecule has 1 fully saturated rings. The molecule has 0 unspecified atom stereocenters. The lowest BCUT2D eigenvalue weighted by Crippen LogP contribution is -2.50. The van der Waals surface area contributed by atoms with Crippen molar-refractivity contribution < 1.29 is 22.0 Å². The van der Waals surface area contributed by atoms with Crippen LogP contribution in [0.15, 0.2) is 44.3 Å². The number of rotatable bonds is 5. The zero-order valence-electron chi connectivity index (χ0n) is 15.4. The Labute approximate surface area is 167 Å². The topological polar surface area (TPSA) is 102 Å². The Morgan fingerprint density at radius 3 is 2.71 bits per heavy atom. The van der Waals surface area contributed by atoms with Crippen molar-refractivity contribution in [2.45, 2.75) is 37.3 Å². The van der Waals surface area contributed by atoms with E-state index in [1.165, 1.54) is 12.1 Å². The third-order valence-electron chi connectivity index (χ3n) is 4.96. The number of fused-ring (bicyclic) bond motifs is 1. The maximum Gasteiger partial charge on any atom is 0.287 e. The van der Waals surface area contributed by atoms with Crippen LogP contribution < -0.4 is 5.32 Å². The number of nitrogens with zero attached hydrogens (tertiary/aromatic N) is 1. The van der Waals surface area contributed by atoms with Gasteiger partial charge in [0.15, 0.2) is 17.2 Å². The van der Waals surface area contributed by atoms with Crippen molar-refractivity contribution in [3.05, 3.63) is 47.0 Å². The molecule has 0 saturated heterocycles. The lowest BCUT2D eigenvalue weighted by atomic mass is 9.65. The molecule has 7 nitrogen and oxygen atoms in total. The summed E-state index contributed by atoms with van der Waals surface area (Å²) < 4.78 is 33.8. The molecule has 9 heteroatoms. The van der Waals surface area contributed by atoms with E-state index in [9.17, 15) is 13.2 Å². The molecule has 0 radical (unpaired) electrons. The van der Waals surface area contributed by atoms with Crippen LogP contribution in [-0.4, -0.2) is 31.6 Å². The number of halogens is 1. The molecule has 4 rings (SSSR count). The van der Waals surface area contributed by atoms with Gasteiger partial charge >= 0.3 is 0 Å². The van der Waals surface area contributed by atoms with Gasteiger partial charge in [0.25, 0.3) is 5.91 Å². The second-order valence-corrected chi connectivity index (χ2v) is 10.1. The first-order chi connectivity index (χ1) is 13.1. The monoisotopic (exact) mass is 422 g/mol. The van der Waals surface area contributed by atoms with Crippen molar-refractivity contribution in [2.24, 2.45) is 5.41 Å². The fourth-order valence-electron chi connectivity index (χ4n) is 3.66. The van der Waals surface area contributed by atoms with Gasteiger partial charge in [-0.15, -0.1) is 0 Å². The van der Waals surface area contributed by atoms with Gasteiger partial charge < -0.3 is 14.2 Å². The highest BCUT2D eigenvalue weighted by Gasteiger charge is 2.42. The standard InChI is InChI=1S/C19H19ClN2O5S/c1-19(10-16-22-13-7-11(20)3-4-14(13)26-16)8-12(9-19)21-18(23)15-5-6-17(27-15)28(2,24)25/h3-7,12H,8-10H2,1-2H3,(H,21,23). The molecule has 28 heavy (non-hydrogen) atoms. The van der Waals surface area contributed by atoms with Gasteiger partial charge in [0.05, 0.1) is 0 Å². The summed E-state index contributed by atoms with van der Waals surface area (Å²) in [4.78, 5) is 16.8. The van der Waals surface area contributed by atoms with Crippen molar-refractivity contribution in [1.82, 2.24) is 10.3 Å². The van der Waals surface area contributed by atoms with Crippen LogP contribution in [0, 0.1) is 5.41 Å². The number of aromatic nitrogens is 1. The highest BCUT2D eigenvalue weighted by molar-refractivity contribution is 7.90. The van der Waals surface area contributed by atoms with Gasteiger partial charge in [-0.2, -0.15) is 0 Å². The Bertz CT molecular complexity index is 1160. The van der Waals surface area contributed by atoms with E-state index >= 15 is 0 Å². The first-order valence-electron chi connectivity index (χ1n) is 8.77. The average molecular weight is 423 g/mol. The van der Waals surface area contributed by atoms with Crippen LogP contribution in [0.25, 0.3) is 11.1 Å². The quantitative estimate of drug-likeness (QED) is 0.673. The molecular weight excluding hydrogens is 404 g/mol. The summed E-state index contributed by atoms with van der Waals surface area (Å²) in [6.45, 7) is 2.12. The largest absolute Gasteiger partial charge is 0.441 e. The van der Waals surface area contributed by atoms with Gasteiger partial charge in [0.2, 0.25) is 14.9 Å². The van der Waals surface area contributed by atoms with Crippen LogP contribution in [-0.2, 0) is 16.3 Å². The van der Waals surface area contributed by atoms with Crippen LogP contribution in [0.3, 0.4) is 0 Å². The number of furan rings is 1. The number of hydrogen-bond donors (Lipinski definition) is 1. The third kappa shape index (κ3) is 3.79. The van der Waals surface area contributed by atoms with Crippen molar-refractivity contribution in [1.29, 1.82) is 0 Å². The number of carbonyl (C=O) groups is 1. The van der Waals surface area contributed by atoms with Crippen molar-refractivity contribution in [2.75, 3.05) is 6.26 Å². The van der Waals surface area contributed by atoms with Gasteiger partial charge in [-0.3, -0.25) is 4.79 Å². The van der Waals surface area contributed by atoms with Crippen molar-refractivity contribution in [3.63, 3.8) is 0 Å². The van der Waals surface area contributed by atoms with Crippen LogP contribution in [0.1, 0.15) is 36.2 Å². The minimum Gasteiger partial charge on any atom is -0.441 e. The molecule has 3 aromatic rings. The molecule has 2 aromatic heterocycles. The fourth-order valence-corrected chi connectivity index (χ4v) is 4.39. The Hall–Kier alpha value is -2.32. The van der Waals surface area contributed by atoms with Crippen molar-refractivity contribution in [3.8, 4) is 0 Å². The molecule has 1 saturated carbocycles. The van der Waals surface area contributed by atoms with E-state index in [0.29, 0.717) is 22.9 Å². The number of amides is 1. The van der Waals surface area contributed by atoms with Crippen LogP contribution in [0.5, 0.6) is 0 Å². The number of hydrogen-bond acceptors (Lipinski definition) is 6. The SMILES string of the molecule is CC1(Cc2nc3cc(Cl)ccc3o2)CC(NC(=O)c2ccc(S(C)(=O)=O)o2)C1. The molecule has 1 aliphatic rings. The molecule has 0 atom stereocenters. The number of sulfone groups is 1. The summed E-state index contributed by atoms with van der Waals surface area (Å²) in [5.74, 6) is 0.219.